The number of hydrogen-bond acceptors (Lipinski definition) is 6. The van der Waals surface area contributed by atoms with Crippen LogP contribution in [0.25, 0.3) is 0 Å². The first-order valence-electron chi connectivity index (χ1n) is 13.5. The number of rotatable bonds is 8. The molecule has 8 heteroatoms. The van der Waals surface area contributed by atoms with Crippen LogP contribution in [0.3, 0.4) is 0 Å². The Morgan fingerprint density at radius 1 is 0.550 bits per heavy atom. The molecule has 40 heavy (non-hydrogen) atoms. The molecule has 0 N–H and O–H groups in total. The van der Waals surface area contributed by atoms with Gasteiger partial charge in [-0.1, -0.05) is 24.3 Å². The van der Waals surface area contributed by atoms with Gasteiger partial charge in [0.2, 0.25) is 23.6 Å². The standard InChI is InChI=1S/C32H32N2O6/c1-19(2)39-25-13-5-21(6-14-25)27-17-29(35)33(31(27)37)23-9-11-24(12-10-23)34-30(36)18-28(32(34)38)22-7-15-26(16-8-22)40-20(3)4/h5-16,19-20,27-28H,17-18H2,1-4H3/t27-,28+. The number of hydrogen-bond donors (Lipinski definition) is 0. The van der Waals surface area contributed by atoms with Crippen LogP contribution in [0.2, 0.25) is 0 Å². The van der Waals surface area contributed by atoms with Crippen molar-refractivity contribution < 1.29 is 28.7 Å². The van der Waals surface area contributed by atoms with Crippen molar-refractivity contribution in [3.05, 3.63) is 83.9 Å². The van der Waals surface area contributed by atoms with Crippen molar-refractivity contribution in [2.24, 2.45) is 0 Å². The molecule has 8 nitrogen and oxygen atoms in total. The highest BCUT2D eigenvalue weighted by Crippen LogP contribution is 2.37. The van der Waals surface area contributed by atoms with Gasteiger partial charge in [-0.05, 0) is 87.4 Å². The van der Waals surface area contributed by atoms with E-state index in [1.165, 1.54) is 9.80 Å². The van der Waals surface area contributed by atoms with E-state index in [1.807, 2.05) is 52.0 Å². The van der Waals surface area contributed by atoms with Crippen LogP contribution in [-0.2, 0) is 19.2 Å². The Hall–Kier alpha value is -4.46. The lowest BCUT2D eigenvalue weighted by atomic mass is 9.97. The Labute approximate surface area is 233 Å². The number of nitrogens with zero attached hydrogens (tertiary/aromatic N) is 2. The number of amides is 4. The molecule has 2 heterocycles. The third-order valence-corrected chi connectivity index (χ3v) is 6.97. The minimum atomic E-state index is -0.583. The zero-order valence-electron chi connectivity index (χ0n) is 23.0. The summed E-state index contributed by atoms with van der Waals surface area (Å²) in [5.41, 5.74) is 2.29. The topological polar surface area (TPSA) is 93.2 Å². The molecule has 0 unspecified atom stereocenters. The summed E-state index contributed by atoms with van der Waals surface area (Å²) in [6, 6.07) is 20.8. The highest BCUT2D eigenvalue weighted by molar-refractivity contribution is 6.24. The van der Waals surface area contributed by atoms with E-state index < -0.39 is 11.8 Å². The van der Waals surface area contributed by atoms with Crippen LogP contribution in [0.15, 0.2) is 72.8 Å². The molecule has 0 spiro atoms. The van der Waals surface area contributed by atoms with Crippen molar-refractivity contribution in [2.75, 3.05) is 9.80 Å². The maximum absolute atomic E-state index is 13.3. The summed E-state index contributed by atoms with van der Waals surface area (Å²) in [7, 11) is 0. The molecule has 0 saturated carbocycles. The maximum atomic E-state index is 13.3. The third-order valence-electron chi connectivity index (χ3n) is 6.97. The largest absolute Gasteiger partial charge is 0.491 e. The molecule has 0 radical (unpaired) electrons. The fourth-order valence-corrected chi connectivity index (χ4v) is 5.18. The fraction of sp³-hybridized carbons (Fsp3) is 0.312. The minimum Gasteiger partial charge on any atom is -0.491 e. The number of carbonyl (C=O) groups is 4. The molecule has 4 amide bonds. The first kappa shape index (κ1) is 27.1. The Morgan fingerprint density at radius 3 is 1.18 bits per heavy atom. The molecule has 2 fully saturated rings. The van der Waals surface area contributed by atoms with Gasteiger partial charge in [0.05, 0.1) is 35.4 Å². The number of benzene rings is 3. The number of anilines is 2. The predicted octanol–water partition coefficient (Wildman–Crippen LogP) is 5.36. The van der Waals surface area contributed by atoms with Crippen molar-refractivity contribution in [2.45, 2.75) is 64.6 Å². The van der Waals surface area contributed by atoms with Gasteiger partial charge in [0.25, 0.3) is 0 Å². The normalized spacial score (nSPS) is 19.4. The Morgan fingerprint density at radius 2 is 0.875 bits per heavy atom. The van der Waals surface area contributed by atoms with E-state index in [9.17, 15) is 19.2 Å². The molecule has 0 aromatic heterocycles. The molecule has 0 aliphatic carbocycles. The van der Waals surface area contributed by atoms with Crippen LogP contribution in [-0.4, -0.2) is 35.8 Å². The smallest absolute Gasteiger partial charge is 0.241 e. The summed E-state index contributed by atoms with van der Waals surface area (Å²) in [5, 5.41) is 0. The van der Waals surface area contributed by atoms with E-state index in [0.717, 1.165) is 11.1 Å². The summed E-state index contributed by atoms with van der Waals surface area (Å²) < 4.78 is 11.3. The average molecular weight is 541 g/mol. The maximum Gasteiger partial charge on any atom is 0.241 e. The minimum absolute atomic E-state index is 0.0345. The molecular weight excluding hydrogens is 508 g/mol. The van der Waals surface area contributed by atoms with Gasteiger partial charge in [-0.25, -0.2) is 0 Å². The van der Waals surface area contributed by atoms with Crippen LogP contribution in [0.5, 0.6) is 11.5 Å². The molecule has 206 valence electrons. The van der Waals surface area contributed by atoms with Crippen molar-refractivity contribution >= 4 is 35.0 Å². The Kier molecular flexibility index (Phi) is 7.43. The second kappa shape index (κ2) is 11.0. The van der Waals surface area contributed by atoms with E-state index in [4.69, 9.17) is 9.47 Å². The molecule has 2 aliphatic rings. The second-order valence-electron chi connectivity index (χ2n) is 10.6. The molecule has 0 bridgehead atoms. The van der Waals surface area contributed by atoms with Gasteiger partial charge in [0, 0.05) is 12.8 Å². The average Bonchev–Trinajstić information content (AvgIpc) is 3.38. The zero-order chi connectivity index (χ0) is 28.6. The lowest BCUT2D eigenvalue weighted by Crippen LogP contribution is -2.31. The van der Waals surface area contributed by atoms with Gasteiger partial charge in [-0.15, -0.1) is 0 Å². The van der Waals surface area contributed by atoms with Crippen molar-refractivity contribution in [3.8, 4) is 11.5 Å². The molecular formula is C32H32N2O6. The molecule has 3 aromatic rings. The van der Waals surface area contributed by atoms with Crippen LogP contribution in [0, 0.1) is 0 Å². The first-order chi connectivity index (χ1) is 19.1. The van der Waals surface area contributed by atoms with E-state index in [1.54, 1.807) is 48.5 Å². The number of ether oxygens (including phenoxy) is 2. The monoisotopic (exact) mass is 540 g/mol. The molecule has 2 atom stereocenters. The van der Waals surface area contributed by atoms with Crippen molar-refractivity contribution in [1.29, 1.82) is 0 Å². The first-order valence-corrected chi connectivity index (χ1v) is 13.5. The SMILES string of the molecule is CC(C)Oc1ccc([C@@H]2CC(=O)N(c3ccc(N4C(=O)C[C@H](c5ccc(OC(C)C)cc5)C4=O)cc3)C2=O)cc1. The summed E-state index contributed by atoms with van der Waals surface area (Å²) in [5.74, 6) is -0.990. The van der Waals surface area contributed by atoms with Crippen molar-refractivity contribution in [3.63, 3.8) is 0 Å². The summed E-state index contributed by atoms with van der Waals surface area (Å²) >= 11 is 0. The summed E-state index contributed by atoms with van der Waals surface area (Å²) in [6.45, 7) is 7.75. The lowest BCUT2D eigenvalue weighted by Gasteiger charge is -2.19. The lowest BCUT2D eigenvalue weighted by molar-refractivity contribution is -0.123. The van der Waals surface area contributed by atoms with E-state index in [-0.39, 0.29) is 48.7 Å². The fourth-order valence-electron chi connectivity index (χ4n) is 5.18. The van der Waals surface area contributed by atoms with Gasteiger partial charge in [0.15, 0.2) is 0 Å². The summed E-state index contributed by atoms with van der Waals surface area (Å²) in [6.07, 6.45) is 0.201. The predicted molar refractivity (Wildman–Crippen MR) is 151 cm³/mol. The highest BCUT2D eigenvalue weighted by Gasteiger charge is 2.42. The van der Waals surface area contributed by atoms with Crippen LogP contribution in [0.1, 0.15) is 63.5 Å². The third kappa shape index (κ3) is 5.34. The highest BCUT2D eigenvalue weighted by atomic mass is 16.5. The molecule has 5 rings (SSSR count). The zero-order valence-corrected chi connectivity index (χ0v) is 23.0. The van der Waals surface area contributed by atoms with Crippen LogP contribution >= 0.6 is 0 Å². The van der Waals surface area contributed by atoms with Crippen molar-refractivity contribution in [1.82, 2.24) is 0 Å². The van der Waals surface area contributed by atoms with E-state index in [2.05, 4.69) is 0 Å². The van der Waals surface area contributed by atoms with Gasteiger partial charge in [-0.2, -0.15) is 0 Å². The van der Waals surface area contributed by atoms with E-state index >= 15 is 0 Å². The van der Waals surface area contributed by atoms with E-state index in [0.29, 0.717) is 22.9 Å². The van der Waals surface area contributed by atoms with Crippen LogP contribution < -0.4 is 19.3 Å². The number of carbonyl (C=O) groups excluding carboxylic acids is 4. The van der Waals surface area contributed by atoms with Gasteiger partial charge < -0.3 is 9.47 Å². The quantitative estimate of drug-likeness (QED) is 0.358. The molecule has 2 saturated heterocycles. The second-order valence-corrected chi connectivity index (χ2v) is 10.6. The van der Waals surface area contributed by atoms with Gasteiger partial charge >= 0.3 is 0 Å². The molecule has 2 aliphatic heterocycles. The molecule has 3 aromatic carbocycles. The van der Waals surface area contributed by atoms with Crippen LogP contribution in [0.4, 0.5) is 11.4 Å². The van der Waals surface area contributed by atoms with Gasteiger partial charge in [0.1, 0.15) is 11.5 Å². The number of imide groups is 2. The Bertz CT molecular complexity index is 1320. The van der Waals surface area contributed by atoms with Gasteiger partial charge in [-0.3, -0.25) is 29.0 Å². The Balaban J connectivity index is 1.29. The summed E-state index contributed by atoms with van der Waals surface area (Å²) in [4.78, 5) is 54.6.